The van der Waals surface area contributed by atoms with Crippen LogP contribution in [0.5, 0.6) is 0 Å². The first-order valence-electron chi connectivity index (χ1n) is 5.21. The molecule has 0 aliphatic carbocycles. The third-order valence-corrected chi connectivity index (χ3v) is 4.87. The van der Waals surface area contributed by atoms with Crippen molar-refractivity contribution in [2.75, 3.05) is 4.72 Å². The van der Waals surface area contributed by atoms with E-state index in [-0.39, 0.29) is 26.0 Å². The van der Waals surface area contributed by atoms with E-state index in [1.54, 1.807) is 0 Å². The van der Waals surface area contributed by atoms with Crippen molar-refractivity contribution in [3.8, 4) is 0 Å². The highest BCUT2D eigenvalue weighted by Gasteiger charge is 2.24. The van der Waals surface area contributed by atoms with Crippen molar-refractivity contribution in [3.05, 3.63) is 45.5 Å². The summed E-state index contributed by atoms with van der Waals surface area (Å²) in [7, 11) is -4.10. The molecule has 0 spiro atoms. The molecule has 1 aromatic carbocycles. The molecule has 0 unspecified atom stereocenters. The van der Waals surface area contributed by atoms with E-state index in [1.807, 2.05) is 4.72 Å². The monoisotopic (exact) mass is 383 g/mol. The van der Waals surface area contributed by atoms with Gasteiger partial charge in [-0.25, -0.2) is 12.8 Å². The van der Waals surface area contributed by atoms with Crippen molar-refractivity contribution in [1.82, 2.24) is 0 Å². The van der Waals surface area contributed by atoms with Gasteiger partial charge in [-0.2, -0.15) is 0 Å². The minimum atomic E-state index is -4.10. The fraction of sp³-hybridized carbons (Fsp3) is 0.0909. The lowest BCUT2D eigenvalue weighted by Gasteiger charge is -2.09. The molecule has 0 saturated heterocycles. The average Bonchev–Trinajstić information content (AvgIpc) is 2.76. The van der Waals surface area contributed by atoms with E-state index in [2.05, 4.69) is 15.9 Å². The van der Waals surface area contributed by atoms with E-state index in [0.717, 1.165) is 12.1 Å². The number of anilines is 1. The Morgan fingerprint density at radius 3 is 2.70 bits per heavy atom. The summed E-state index contributed by atoms with van der Waals surface area (Å²) in [5.41, 5.74) is -0.354. The normalized spacial score (nSPS) is 11.6. The molecule has 0 amide bonds. The molecular formula is C11H8BrClFNO4S. The number of aliphatic hydroxyl groups excluding tert-OH is 1. The number of nitrogens with one attached hydrogen (secondary N) is 1. The van der Waals surface area contributed by atoms with Crippen LogP contribution in [0.15, 0.2) is 38.2 Å². The topological polar surface area (TPSA) is 79.5 Å². The van der Waals surface area contributed by atoms with Gasteiger partial charge in [-0.15, -0.1) is 0 Å². The van der Waals surface area contributed by atoms with Gasteiger partial charge >= 0.3 is 0 Å². The molecule has 2 rings (SSSR count). The third kappa shape index (κ3) is 2.98. The molecule has 9 heteroatoms. The Kier molecular flexibility index (Phi) is 4.38. The van der Waals surface area contributed by atoms with E-state index in [4.69, 9.17) is 21.1 Å². The Hall–Kier alpha value is -1.09. The number of benzene rings is 1. The molecule has 0 radical (unpaired) electrons. The maximum Gasteiger partial charge on any atom is 0.266 e. The number of sulfonamides is 1. The van der Waals surface area contributed by atoms with Gasteiger partial charge < -0.3 is 9.52 Å². The van der Waals surface area contributed by atoms with Crippen LogP contribution in [0.25, 0.3) is 0 Å². The van der Waals surface area contributed by atoms with Crippen molar-refractivity contribution in [3.63, 3.8) is 0 Å². The molecule has 5 nitrogen and oxygen atoms in total. The fourth-order valence-corrected chi connectivity index (χ4v) is 3.80. The first-order valence-corrected chi connectivity index (χ1v) is 7.86. The van der Waals surface area contributed by atoms with Crippen molar-refractivity contribution in [2.24, 2.45) is 0 Å². The molecule has 0 bridgehead atoms. The summed E-state index contributed by atoms with van der Waals surface area (Å²) in [6.07, 6.45) is 0. The van der Waals surface area contributed by atoms with Gasteiger partial charge in [-0.3, -0.25) is 4.72 Å². The predicted molar refractivity (Wildman–Crippen MR) is 74.5 cm³/mol. The zero-order chi connectivity index (χ0) is 14.9. The molecule has 0 saturated carbocycles. The van der Waals surface area contributed by atoms with Gasteiger partial charge in [-0.05, 0) is 28.1 Å². The van der Waals surface area contributed by atoms with Gasteiger partial charge in [0.25, 0.3) is 10.0 Å². The molecule has 0 atom stereocenters. The summed E-state index contributed by atoms with van der Waals surface area (Å²) in [5, 5.41) is 8.83. The lowest BCUT2D eigenvalue weighted by molar-refractivity contribution is 0.245. The van der Waals surface area contributed by atoms with Gasteiger partial charge in [0.15, 0.2) is 4.67 Å². The molecule has 20 heavy (non-hydrogen) atoms. The van der Waals surface area contributed by atoms with Crippen LogP contribution < -0.4 is 4.72 Å². The largest absolute Gasteiger partial charge is 0.450 e. The van der Waals surface area contributed by atoms with Crippen LogP contribution in [0.3, 0.4) is 0 Å². The minimum Gasteiger partial charge on any atom is -0.450 e. The number of rotatable bonds is 4. The number of para-hydroxylation sites is 1. The van der Waals surface area contributed by atoms with E-state index < -0.39 is 22.4 Å². The van der Waals surface area contributed by atoms with Crippen LogP contribution >= 0.6 is 27.5 Å². The number of halogens is 3. The lowest BCUT2D eigenvalue weighted by atomic mass is 10.3. The molecular weight excluding hydrogens is 377 g/mol. The van der Waals surface area contributed by atoms with Gasteiger partial charge in [0.05, 0.1) is 5.02 Å². The number of aliphatic hydroxyl groups is 1. The van der Waals surface area contributed by atoms with Gasteiger partial charge in [0.2, 0.25) is 0 Å². The van der Waals surface area contributed by atoms with Crippen molar-refractivity contribution in [2.45, 2.75) is 11.5 Å². The molecule has 0 aliphatic heterocycles. The third-order valence-electron chi connectivity index (χ3n) is 2.35. The standard InChI is InChI=1S/C11H8BrClFNO4S/c12-11-9(4-6(5-16)19-11)20(17,18)15-10-7(13)2-1-3-8(10)14/h1-4,15-16H,5H2. The molecule has 1 heterocycles. The van der Waals surface area contributed by atoms with Crippen molar-refractivity contribution < 1.29 is 22.3 Å². The maximum absolute atomic E-state index is 13.6. The Morgan fingerprint density at radius 2 is 2.15 bits per heavy atom. The highest BCUT2D eigenvalue weighted by Crippen LogP contribution is 2.31. The Bertz CT molecular complexity index is 727. The van der Waals surface area contributed by atoms with Crippen LogP contribution in [0.4, 0.5) is 10.1 Å². The molecule has 2 N–H and O–H groups in total. The van der Waals surface area contributed by atoms with Gasteiger partial charge in [0, 0.05) is 6.07 Å². The second-order valence-corrected chi connectivity index (χ2v) is 6.49. The Balaban J connectivity index is 2.43. The molecule has 1 aromatic heterocycles. The zero-order valence-electron chi connectivity index (χ0n) is 9.73. The smallest absolute Gasteiger partial charge is 0.266 e. The first-order chi connectivity index (χ1) is 9.35. The highest BCUT2D eigenvalue weighted by atomic mass is 79.9. The second-order valence-electron chi connectivity index (χ2n) is 3.71. The summed E-state index contributed by atoms with van der Waals surface area (Å²) in [6, 6.07) is 4.91. The SMILES string of the molecule is O=S(=O)(Nc1c(F)cccc1Cl)c1cc(CO)oc1Br. The summed E-state index contributed by atoms with van der Waals surface area (Å²) in [4.78, 5) is -0.263. The molecule has 2 aromatic rings. The Morgan fingerprint density at radius 1 is 1.45 bits per heavy atom. The minimum absolute atomic E-state index is 0.0527. The average molecular weight is 385 g/mol. The van der Waals surface area contributed by atoms with Crippen LogP contribution in [0.2, 0.25) is 5.02 Å². The number of furan rings is 1. The summed E-state index contributed by atoms with van der Waals surface area (Å²) >= 11 is 8.67. The second kappa shape index (κ2) is 5.72. The molecule has 108 valence electrons. The fourth-order valence-electron chi connectivity index (χ4n) is 1.44. The van der Waals surface area contributed by atoms with E-state index in [0.29, 0.717) is 0 Å². The highest BCUT2D eigenvalue weighted by molar-refractivity contribution is 9.10. The van der Waals surface area contributed by atoms with Gasteiger partial charge in [0.1, 0.15) is 28.8 Å². The first kappa shape index (κ1) is 15.3. The van der Waals surface area contributed by atoms with Crippen LogP contribution in [0, 0.1) is 5.82 Å². The van der Waals surface area contributed by atoms with E-state index in [1.165, 1.54) is 12.1 Å². The predicted octanol–water partition coefficient (Wildman–Crippen LogP) is 3.13. The maximum atomic E-state index is 13.6. The van der Waals surface area contributed by atoms with Crippen LogP contribution in [-0.2, 0) is 16.6 Å². The van der Waals surface area contributed by atoms with E-state index >= 15 is 0 Å². The Labute approximate surface area is 127 Å². The van der Waals surface area contributed by atoms with E-state index in [9.17, 15) is 12.8 Å². The molecule has 0 aliphatic rings. The molecule has 0 fully saturated rings. The van der Waals surface area contributed by atoms with Crippen molar-refractivity contribution >= 4 is 43.2 Å². The number of hydrogen-bond donors (Lipinski definition) is 2. The van der Waals surface area contributed by atoms with Gasteiger partial charge in [-0.1, -0.05) is 17.7 Å². The van der Waals surface area contributed by atoms with Crippen LogP contribution in [-0.4, -0.2) is 13.5 Å². The van der Waals surface area contributed by atoms with Crippen molar-refractivity contribution in [1.29, 1.82) is 0 Å². The lowest BCUT2D eigenvalue weighted by Crippen LogP contribution is -2.14. The summed E-state index contributed by atoms with van der Waals surface area (Å²) < 4.78 is 44.8. The summed E-state index contributed by atoms with van der Waals surface area (Å²) in [5.74, 6) is -0.750. The zero-order valence-corrected chi connectivity index (χ0v) is 12.9. The van der Waals surface area contributed by atoms with Crippen LogP contribution in [0.1, 0.15) is 5.76 Å². The quantitative estimate of drug-likeness (QED) is 0.849. The summed E-state index contributed by atoms with van der Waals surface area (Å²) in [6.45, 7) is -0.464. The number of hydrogen-bond acceptors (Lipinski definition) is 4.